The second-order valence-corrected chi connectivity index (χ2v) is 8.93. The molecule has 0 saturated carbocycles. The first-order valence-electron chi connectivity index (χ1n) is 7.18. The normalized spacial score (nSPS) is 17.5. The molecule has 1 unspecified atom stereocenters. The minimum Gasteiger partial charge on any atom is -0.492 e. The molecule has 4 rings (SSSR count). The van der Waals surface area contributed by atoms with Crippen LogP contribution in [0.3, 0.4) is 0 Å². The van der Waals surface area contributed by atoms with Gasteiger partial charge in [-0.1, -0.05) is 11.3 Å². The lowest BCUT2D eigenvalue weighted by Gasteiger charge is -2.25. The second kappa shape index (κ2) is 5.59. The van der Waals surface area contributed by atoms with Crippen molar-refractivity contribution in [2.24, 2.45) is 0 Å². The third kappa shape index (κ3) is 2.38. The first-order valence-corrected chi connectivity index (χ1v) is 9.60. The van der Waals surface area contributed by atoms with Gasteiger partial charge in [-0.2, -0.15) is 4.52 Å². The quantitative estimate of drug-likeness (QED) is 0.728. The van der Waals surface area contributed by atoms with Gasteiger partial charge in [0.25, 0.3) is 0 Å². The number of fused-ring (bicyclic) bond motifs is 1. The lowest BCUT2D eigenvalue weighted by molar-refractivity contribution is 0.280. The first-order chi connectivity index (χ1) is 10.6. The van der Waals surface area contributed by atoms with Crippen molar-refractivity contribution < 1.29 is 5.11 Å². The van der Waals surface area contributed by atoms with E-state index >= 15 is 0 Å². The van der Waals surface area contributed by atoms with E-state index in [2.05, 4.69) is 43.0 Å². The molecule has 116 valence electrons. The molecule has 3 aromatic heterocycles. The number of nitrogens with zero attached hydrogens (tertiary/aromatic N) is 4. The third-order valence-electron chi connectivity index (χ3n) is 3.92. The van der Waals surface area contributed by atoms with Gasteiger partial charge >= 0.3 is 0 Å². The van der Waals surface area contributed by atoms with Crippen LogP contribution in [0.2, 0.25) is 0 Å². The molecular formula is C14H15BrN4OS2. The summed E-state index contributed by atoms with van der Waals surface area (Å²) in [7, 11) is 0. The Morgan fingerprint density at radius 1 is 1.27 bits per heavy atom. The van der Waals surface area contributed by atoms with E-state index in [1.807, 2.05) is 6.92 Å². The van der Waals surface area contributed by atoms with E-state index in [4.69, 9.17) is 0 Å². The summed E-state index contributed by atoms with van der Waals surface area (Å²) in [6.45, 7) is 3.96. The highest BCUT2D eigenvalue weighted by Gasteiger charge is 2.31. The Morgan fingerprint density at radius 3 is 2.68 bits per heavy atom. The van der Waals surface area contributed by atoms with Crippen molar-refractivity contribution in [1.29, 1.82) is 0 Å². The van der Waals surface area contributed by atoms with Gasteiger partial charge in [0.2, 0.25) is 10.8 Å². The molecule has 1 atom stereocenters. The van der Waals surface area contributed by atoms with Gasteiger partial charge in [0.15, 0.2) is 0 Å². The van der Waals surface area contributed by atoms with E-state index in [-0.39, 0.29) is 11.9 Å². The van der Waals surface area contributed by atoms with Crippen LogP contribution in [0.4, 0.5) is 0 Å². The number of rotatable bonds is 3. The molecule has 1 saturated heterocycles. The molecule has 1 aliphatic rings. The van der Waals surface area contributed by atoms with Crippen LogP contribution in [0, 0.1) is 6.92 Å². The molecule has 1 fully saturated rings. The van der Waals surface area contributed by atoms with Crippen molar-refractivity contribution in [3.63, 3.8) is 0 Å². The van der Waals surface area contributed by atoms with Gasteiger partial charge < -0.3 is 5.11 Å². The number of thiazole rings is 1. The Balaban J connectivity index is 1.84. The summed E-state index contributed by atoms with van der Waals surface area (Å²) in [6.07, 6.45) is 2.42. The largest absolute Gasteiger partial charge is 0.492 e. The molecule has 0 aromatic carbocycles. The van der Waals surface area contributed by atoms with E-state index in [9.17, 15) is 5.11 Å². The smallest absolute Gasteiger partial charge is 0.230 e. The summed E-state index contributed by atoms with van der Waals surface area (Å²) in [5, 5.41) is 14.9. The molecule has 22 heavy (non-hydrogen) atoms. The van der Waals surface area contributed by atoms with Crippen LogP contribution in [0.5, 0.6) is 5.88 Å². The zero-order valence-electron chi connectivity index (χ0n) is 12.0. The fraction of sp³-hybridized carbons (Fsp3) is 0.429. The maximum atomic E-state index is 10.6. The maximum Gasteiger partial charge on any atom is 0.230 e. The molecule has 3 aromatic rings. The predicted molar refractivity (Wildman–Crippen MR) is 91.9 cm³/mol. The average molecular weight is 399 g/mol. The van der Waals surface area contributed by atoms with Crippen molar-refractivity contribution >= 4 is 43.6 Å². The summed E-state index contributed by atoms with van der Waals surface area (Å²) >= 11 is 6.80. The molecule has 4 heterocycles. The molecule has 5 nitrogen and oxygen atoms in total. The predicted octanol–water partition coefficient (Wildman–Crippen LogP) is 3.81. The average Bonchev–Trinajstić information content (AvgIpc) is 3.22. The number of aryl methyl sites for hydroxylation is 1. The number of likely N-dealkylation sites (tertiary alicyclic amines) is 1. The van der Waals surface area contributed by atoms with Gasteiger partial charge in [-0.15, -0.1) is 16.4 Å². The number of halogens is 1. The van der Waals surface area contributed by atoms with Crippen molar-refractivity contribution in [1.82, 2.24) is 19.5 Å². The molecule has 1 aliphatic heterocycles. The molecule has 0 amide bonds. The molecule has 8 heteroatoms. The number of aromatic hydroxyl groups is 1. The van der Waals surface area contributed by atoms with E-state index < -0.39 is 0 Å². The Morgan fingerprint density at radius 2 is 2.05 bits per heavy atom. The minimum atomic E-state index is 0.0904. The zero-order valence-corrected chi connectivity index (χ0v) is 15.2. The van der Waals surface area contributed by atoms with Crippen LogP contribution in [-0.2, 0) is 0 Å². The van der Waals surface area contributed by atoms with Crippen LogP contribution in [0.15, 0.2) is 15.9 Å². The lowest BCUT2D eigenvalue weighted by atomic mass is 10.2. The topological polar surface area (TPSA) is 53.7 Å². The monoisotopic (exact) mass is 398 g/mol. The Kier molecular flexibility index (Phi) is 3.72. The van der Waals surface area contributed by atoms with Crippen LogP contribution < -0.4 is 0 Å². The van der Waals surface area contributed by atoms with Crippen LogP contribution in [0.1, 0.15) is 34.5 Å². The zero-order chi connectivity index (χ0) is 15.3. The Labute approximate surface area is 144 Å². The fourth-order valence-corrected chi connectivity index (χ4v) is 5.77. The summed E-state index contributed by atoms with van der Waals surface area (Å²) < 4.78 is 2.67. The summed E-state index contributed by atoms with van der Waals surface area (Å²) in [5.41, 5.74) is 0. The standard InChI is InChI=1S/C14H15BrN4OS2/c1-8-16-14-19(17-8)13(20)12(22-14)11(18-6-2-3-7-18)9-4-5-10(15)21-9/h4-5,11,20H,2-3,6-7H2,1H3. The lowest BCUT2D eigenvalue weighted by Crippen LogP contribution is -2.25. The number of thiophene rings is 1. The van der Waals surface area contributed by atoms with Gasteiger partial charge in [0, 0.05) is 4.88 Å². The van der Waals surface area contributed by atoms with Crippen LogP contribution in [0.25, 0.3) is 4.96 Å². The van der Waals surface area contributed by atoms with Crippen molar-refractivity contribution in [2.75, 3.05) is 13.1 Å². The van der Waals surface area contributed by atoms with E-state index in [0.29, 0.717) is 5.82 Å². The summed E-state index contributed by atoms with van der Waals surface area (Å²) in [4.78, 5) is 9.76. The number of aromatic nitrogens is 3. The number of hydrogen-bond acceptors (Lipinski definition) is 6. The summed E-state index contributed by atoms with van der Waals surface area (Å²) in [6, 6.07) is 4.30. The van der Waals surface area contributed by atoms with E-state index in [1.54, 1.807) is 15.9 Å². The summed E-state index contributed by atoms with van der Waals surface area (Å²) in [5.74, 6) is 0.909. The first kappa shape index (κ1) is 14.6. The third-order valence-corrected chi connectivity index (χ3v) is 6.67. The SMILES string of the molecule is Cc1nc2sc(C(c3ccc(Br)s3)N3CCCC3)c(O)n2n1. The Hall–Kier alpha value is -0.960. The van der Waals surface area contributed by atoms with Crippen molar-refractivity contribution in [3.8, 4) is 5.88 Å². The Bertz CT molecular complexity index is 818. The van der Waals surface area contributed by atoms with Gasteiger partial charge in [-0.25, -0.2) is 4.98 Å². The van der Waals surface area contributed by atoms with Gasteiger partial charge in [0.05, 0.1) is 14.7 Å². The van der Waals surface area contributed by atoms with Crippen molar-refractivity contribution in [3.05, 3.63) is 31.5 Å². The highest BCUT2D eigenvalue weighted by atomic mass is 79.9. The van der Waals surface area contributed by atoms with Crippen molar-refractivity contribution in [2.45, 2.75) is 25.8 Å². The van der Waals surface area contributed by atoms with E-state index in [0.717, 1.165) is 26.7 Å². The fourth-order valence-electron chi connectivity index (χ4n) is 2.98. The van der Waals surface area contributed by atoms with Gasteiger partial charge in [-0.3, -0.25) is 4.90 Å². The highest BCUT2D eigenvalue weighted by Crippen LogP contribution is 2.43. The molecule has 0 aliphatic carbocycles. The highest BCUT2D eigenvalue weighted by molar-refractivity contribution is 9.11. The van der Waals surface area contributed by atoms with Gasteiger partial charge in [0.1, 0.15) is 5.82 Å². The second-order valence-electron chi connectivity index (χ2n) is 5.43. The minimum absolute atomic E-state index is 0.0904. The molecule has 1 N–H and O–H groups in total. The van der Waals surface area contributed by atoms with E-state index in [1.165, 1.54) is 29.1 Å². The molecule has 0 radical (unpaired) electrons. The van der Waals surface area contributed by atoms with Crippen LogP contribution >= 0.6 is 38.6 Å². The molecular weight excluding hydrogens is 384 g/mol. The van der Waals surface area contributed by atoms with Crippen LogP contribution in [-0.4, -0.2) is 37.7 Å². The molecule has 0 spiro atoms. The molecule has 0 bridgehead atoms. The van der Waals surface area contributed by atoms with Gasteiger partial charge in [-0.05, 0) is 60.9 Å². The maximum absolute atomic E-state index is 10.6. The number of hydrogen-bond donors (Lipinski definition) is 1.